The number of pyridine rings is 1. The smallest absolute Gasteiger partial charge is 0.268 e. The minimum atomic E-state index is -0.578. The molecular formula is C8H6N4O. The molecule has 2 heterocycles. The van der Waals surface area contributed by atoms with Gasteiger partial charge in [-0.05, 0) is 6.07 Å². The predicted molar refractivity (Wildman–Crippen MR) is 45.9 cm³/mol. The number of nitrogens with two attached hydrogens (primary N) is 1. The monoisotopic (exact) mass is 174 g/mol. The molecule has 2 aromatic heterocycles. The standard InChI is InChI=1S/C8H6N4O/c9-8(13)7-4-11-6-3-10-2-1-5(6)12-7/h1-4H,(H2,9,13). The van der Waals surface area contributed by atoms with Crippen LogP contribution in [0, 0.1) is 0 Å². The van der Waals surface area contributed by atoms with E-state index >= 15 is 0 Å². The van der Waals surface area contributed by atoms with Crippen LogP contribution >= 0.6 is 0 Å². The topological polar surface area (TPSA) is 81.8 Å². The normalized spacial score (nSPS) is 10.2. The molecule has 0 saturated heterocycles. The van der Waals surface area contributed by atoms with Crippen molar-refractivity contribution >= 4 is 16.9 Å². The summed E-state index contributed by atoms with van der Waals surface area (Å²) < 4.78 is 0. The van der Waals surface area contributed by atoms with Gasteiger partial charge < -0.3 is 5.73 Å². The number of carbonyl (C=O) groups excluding carboxylic acids is 1. The van der Waals surface area contributed by atoms with Gasteiger partial charge in [-0.25, -0.2) is 4.98 Å². The Morgan fingerprint density at radius 2 is 2.15 bits per heavy atom. The van der Waals surface area contributed by atoms with Crippen LogP contribution in [-0.2, 0) is 0 Å². The molecule has 5 heteroatoms. The highest BCUT2D eigenvalue weighted by atomic mass is 16.1. The Labute approximate surface area is 73.6 Å². The van der Waals surface area contributed by atoms with Gasteiger partial charge in [-0.15, -0.1) is 0 Å². The van der Waals surface area contributed by atoms with Crippen LogP contribution in [-0.4, -0.2) is 20.9 Å². The molecule has 0 atom stereocenters. The molecule has 0 aliphatic heterocycles. The van der Waals surface area contributed by atoms with Gasteiger partial charge in [0.2, 0.25) is 0 Å². The lowest BCUT2D eigenvalue weighted by molar-refractivity contribution is 0.0995. The zero-order valence-corrected chi connectivity index (χ0v) is 6.64. The first-order valence-electron chi connectivity index (χ1n) is 3.64. The van der Waals surface area contributed by atoms with E-state index in [-0.39, 0.29) is 5.69 Å². The third kappa shape index (κ3) is 1.31. The molecule has 2 aromatic rings. The molecular weight excluding hydrogens is 168 g/mol. The molecule has 0 radical (unpaired) electrons. The van der Waals surface area contributed by atoms with Crippen molar-refractivity contribution in [2.75, 3.05) is 0 Å². The van der Waals surface area contributed by atoms with Crippen molar-refractivity contribution in [1.29, 1.82) is 0 Å². The number of fused-ring (bicyclic) bond motifs is 1. The third-order valence-corrected chi connectivity index (χ3v) is 1.60. The number of carbonyl (C=O) groups is 1. The van der Waals surface area contributed by atoms with Gasteiger partial charge in [0.1, 0.15) is 11.2 Å². The quantitative estimate of drug-likeness (QED) is 0.665. The summed E-state index contributed by atoms with van der Waals surface area (Å²) in [7, 11) is 0. The second-order valence-electron chi connectivity index (χ2n) is 2.48. The highest BCUT2D eigenvalue weighted by Gasteiger charge is 2.03. The maximum absolute atomic E-state index is 10.7. The number of hydrogen-bond donors (Lipinski definition) is 1. The first-order valence-corrected chi connectivity index (χ1v) is 3.64. The van der Waals surface area contributed by atoms with E-state index in [1.807, 2.05) is 0 Å². The lowest BCUT2D eigenvalue weighted by Crippen LogP contribution is -2.13. The Bertz CT molecular complexity index is 468. The molecule has 0 aliphatic carbocycles. The van der Waals surface area contributed by atoms with Crippen LogP contribution in [0.2, 0.25) is 0 Å². The van der Waals surface area contributed by atoms with E-state index < -0.39 is 5.91 Å². The third-order valence-electron chi connectivity index (χ3n) is 1.60. The largest absolute Gasteiger partial charge is 0.364 e. The average Bonchev–Trinajstić information content (AvgIpc) is 2.17. The molecule has 0 aliphatic rings. The van der Waals surface area contributed by atoms with Gasteiger partial charge >= 0.3 is 0 Å². The molecule has 0 bridgehead atoms. The van der Waals surface area contributed by atoms with Crippen molar-refractivity contribution in [2.45, 2.75) is 0 Å². The summed E-state index contributed by atoms with van der Waals surface area (Å²) >= 11 is 0. The molecule has 2 rings (SSSR count). The zero-order chi connectivity index (χ0) is 9.26. The lowest BCUT2D eigenvalue weighted by atomic mass is 10.3. The molecule has 0 unspecified atom stereocenters. The highest BCUT2D eigenvalue weighted by molar-refractivity contribution is 5.92. The van der Waals surface area contributed by atoms with Crippen molar-refractivity contribution in [3.05, 3.63) is 30.4 Å². The van der Waals surface area contributed by atoms with Crippen molar-refractivity contribution in [1.82, 2.24) is 15.0 Å². The fourth-order valence-electron chi connectivity index (χ4n) is 0.981. The van der Waals surface area contributed by atoms with E-state index in [2.05, 4.69) is 15.0 Å². The average molecular weight is 174 g/mol. The van der Waals surface area contributed by atoms with Crippen molar-refractivity contribution in [2.24, 2.45) is 5.73 Å². The summed E-state index contributed by atoms with van der Waals surface area (Å²) in [6.45, 7) is 0. The maximum Gasteiger partial charge on any atom is 0.268 e. The summed E-state index contributed by atoms with van der Waals surface area (Å²) in [5, 5.41) is 0. The van der Waals surface area contributed by atoms with E-state index in [9.17, 15) is 4.79 Å². The predicted octanol–water partition coefficient (Wildman–Crippen LogP) is 0.124. The van der Waals surface area contributed by atoms with Gasteiger partial charge in [-0.1, -0.05) is 0 Å². The number of amides is 1. The molecule has 2 N–H and O–H groups in total. The SMILES string of the molecule is NC(=O)c1cnc2cnccc2n1. The summed E-state index contributed by atoms with van der Waals surface area (Å²) in [6.07, 6.45) is 4.50. The highest BCUT2D eigenvalue weighted by Crippen LogP contribution is 2.05. The van der Waals surface area contributed by atoms with Crippen LogP contribution in [0.25, 0.3) is 11.0 Å². The van der Waals surface area contributed by atoms with E-state index in [4.69, 9.17) is 5.73 Å². The summed E-state index contributed by atoms with van der Waals surface area (Å²) in [4.78, 5) is 22.6. The first-order chi connectivity index (χ1) is 6.27. The van der Waals surface area contributed by atoms with E-state index in [1.165, 1.54) is 6.20 Å². The van der Waals surface area contributed by atoms with Gasteiger partial charge in [0.25, 0.3) is 5.91 Å². The number of nitrogens with zero attached hydrogens (tertiary/aromatic N) is 3. The Balaban J connectivity index is 2.69. The van der Waals surface area contributed by atoms with Crippen LogP contribution in [0.15, 0.2) is 24.7 Å². The van der Waals surface area contributed by atoms with Gasteiger partial charge in [0.15, 0.2) is 0 Å². The Morgan fingerprint density at radius 1 is 1.31 bits per heavy atom. The summed E-state index contributed by atoms with van der Waals surface area (Å²) in [5.41, 5.74) is 6.48. The Kier molecular flexibility index (Phi) is 1.63. The van der Waals surface area contributed by atoms with Crippen molar-refractivity contribution in [3.8, 4) is 0 Å². The molecule has 0 saturated carbocycles. The molecule has 5 nitrogen and oxygen atoms in total. The Morgan fingerprint density at radius 3 is 2.92 bits per heavy atom. The maximum atomic E-state index is 10.7. The molecule has 13 heavy (non-hydrogen) atoms. The van der Waals surface area contributed by atoms with Gasteiger partial charge in [0, 0.05) is 6.20 Å². The van der Waals surface area contributed by atoms with E-state index in [0.29, 0.717) is 11.0 Å². The van der Waals surface area contributed by atoms with Crippen molar-refractivity contribution < 1.29 is 4.79 Å². The van der Waals surface area contributed by atoms with Gasteiger partial charge in [-0.3, -0.25) is 14.8 Å². The van der Waals surface area contributed by atoms with Gasteiger partial charge in [-0.2, -0.15) is 0 Å². The van der Waals surface area contributed by atoms with Crippen LogP contribution in [0.3, 0.4) is 0 Å². The Hall–Kier alpha value is -2.04. The second kappa shape index (κ2) is 2.78. The summed E-state index contributed by atoms with van der Waals surface area (Å²) in [6, 6.07) is 1.68. The number of primary amides is 1. The van der Waals surface area contributed by atoms with Crippen LogP contribution in [0.1, 0.15) is 10.5 Å². The van der Waals surface area contributed by atoms with Crippen LogP contribution < -0.4 is 5.73 Å². The second-order valence-corrected chi connectivity index (χ2v) is 2.48. The number of rotatable bonds is 1. The van der Waals surface area contributed by atoms with E-state index in [0.717, 1.165) is 0 Å². The van der Waals surface area contributed by atoms with Gasteiger partial charge in [0.05, 0.1) is 17.9 Å². The fraction of sp³-hybridized carbons (Fsp3) is 0. The molecule has 0 aromatic carbocycles. The fourth-order valence-corrected chi connectivity index (χ4v) is 0.981. The number of aromatic nitrogens is 3. The molecule has 64 valence electrons. The lowest BCUT2D eigenvalue weighted by Gasteiger charge is -1.96. The van der Waals surface area contributed by atoms with Crippen LogP contribution in [0.5, 0.6) is 0 Å². The molecule has 0 fully saturated rings. The summed E-state index contributed by atoms with van der Waals surface area (Å²) in [5.74, 6) is -0.578. The molecule has 0 spiro atoms. The van der Waals surface area contributed by atoms with Crippen LogP contribution in [0.4, 0.5) is 0 Å². The van der Waals surface area contributed by atoms with Crippen molar-refractivity contribution in [3.63, 3.8) is 0 Å². The number of hydrogen-bond acceptors (Lipinski definition) is 4. The first kappa shape index (κ1) is 7.60. The minimum Gasteiger partial charge on any atom is -0.364 e. The van der Waals surface area contributed by atoms with E-state index in [1.54, 1.807) is 18.5 Å². The molecule has 1 amide bonds. The zero-order valence-electron chi connectivity index (χ0n) is 6.64. The minimum absolute atomic E-state index is 0.165.